The Morgan fingerprint density at radius 1 is 1.48 bits per heavy atom. The van der Waals surface area contributed by atoms with Gasteiger partial charge in [-0.2, -0.15) is 11.8 Å². The molecule has 7 heteroatoms. The third-order valence-electron chi connectivity index (χ3n) is 3.38. The second-order valence-electron chi connectivity index (χ2n) is 4.81. The minimum Gasteiger partial charge on any atom is -0.481 e. The smallest absolute Gasteiger partial charge is 0.324 e. The van der Waals surface area contributed by atoms with Crippen molar-refractivity contribution in [3.05, 3.63) is 30.1 Å². The Kier molecular flexibility index (Phi) is 5.06. The highest BCUT2D eigenvalue weighted by Gasteiger charge is 2.31. The van der Waals surface area contributed by atoms with E-state index in [2.05, 4.69) is 0 Å². The molecular formula is C14H17FN2O3S. The summed E-state index contributed by atoms with van der Waals surface area (Å²) >= 11 is 1.63. The average molecular weight is 312 g/mol. The zero-order chi connectivity index (χ0) is 15.4. The minimum absolute atomic E-state index is 0.0934. The number of nitrogens with zero attached hydrogens (tertiary/aromatic N) is 2. The molecule has 2 rings (SSSR count). The second-order valence-corrected chi connectivity index (χ2v) is 5.96. The first kappa shape index (κ1) is 15.6. The van der Waals surface area contributed by atoms with Crippen LogP contribution in [0.15, 0.2) is 24.3 Å². The van der Waals surface area contributed by atoms with E-state index in [-0.39, 0.29) is 24.2 Å². The normalized spacial score (nSPS) is 18.4. The van der Waals surface area contributed by atoms with E-state index in [9.17, 15) is 14.0 Å². The van der Waals surface area contributed by atoms with E-state index in [1.807, 2.05) is 0 Å². The molecule has 1 aromatic carbocycles. The third kappa shape index (κ3) is 3.66. The van der Waals surface area contributed by atoms with E-state index in [0.717, 1.165) is 5.75 Å². The molecule has 1 heterocycles. The van der Waals surface area contributed by atoms with Crippen molar-refractivity contribution in [2.24, 2.45) is 0 Å². The summed E-state index contributed by atoms with van der Waals surface area (Å²) in [6, 6.07) is 5.30. The van der Waals surface area contributed by atoms with Gasteiger partial charge in [-0.1, -0.05) is 12.1 Å². The van der Waals surface area contributed by atoms with Gasteiger partial charge in [0.05, 0.1) is 18.2 Å². The van der Waals surface area contributed by atoms with Gasteiger partial charge in [0, 0.05) is 25.1 Å². The molecule has 1 N–H and O–H groups in total. The molecule has 1 unspecified atom stereocenters. The van der Waals surface area contributed by atoms with Crippen molar-refractivity contribution in [3.63, 3.8) is 0 Å². The molecular weight excluding hydrogens is 295 g/mol. The van der Waals surface area contributed by atoms with Crippen LogP contribution < -0.4 is 4.90 Å². The molecule has 1 aromatic rings. The van der Waals surface area contributed by atoms with Gasteiger partial charge in [0.1, 0.15) is 5.82 Å². The predicted octanol–water partition coefficient (Wildman–Crippen LogP) is 2.27. The van der Waals surface area contributed by atoms with Crippen LogP contribution in [0.5, 0.6) is 0 Å². The van der Waals surface area contributed by atoms with Crippen molar-refractivity contribution in [3.8, 4) is 0 Å². The standard InChI is InChI=1S/C14H17FN2O3S/c1-16(12-5-3-2-4-11(12)15)14(20)17-6-7-21-9-10(17)8-13(18)19/h2-5,10H,6-9H2,1H3,(H,18,19). The van der Waals surface area contributed by atoms with Gasteiger partial charge in [0.25, 0.3) is 0 Å². The number of carboxylic acid groups (broad SMARTS) is 1. The fraction of sp³-hybridized carbons (Fsp3) is 0.429. The van der Waals surface area contributed by atoms with Crippen LogP contribution in [-0.4, -0.2) is 53.1 Å². The van der Waals surface area contributed by atoms with Crippen LogP contribution in [0.2, 0.25) is 0 Å². The molecule has 1 saturated heterocycles. The lowest BCUT2D eigenvalue weighted by Gasteiger charge is -2.37. The molecule has 2 amide bonds. The molecule has 0 aromatic heterocycles. The summed E-state index contributed by atoms with van der Waals surface area (Å²) in [5.74, 6) is -0.0702. The average Bonchev–Trinajstić information content (AvgIpc) is 2.46. The number of para-hydroxylation sites is 1. The van der Waals surface area contributed by atoms with Gasteiger partial charge < -0.3 is 10.0 Å². The third-order valence-corrected chi connectivity index (χ3v) is 4.48. The number of carboxylic acids is 1. The molecule has 1 aliphatic heterocycles. The van der Waals surface area contributed by atoms with Gasteiger partial charge in [-0.3, -0.25) is 9.69 Å². The monoisotopic (exact) mass is 312 g/mol. The molecule has 1 aliphatic rings. The number of rotatable bonds is 3. The lowest BCUT2D eigenvalue weighted by atomic mass is 10.2. The van der Waals surface area contributed by atoms with Gasteiger partial charge in [-0.05, 0) is 12.1 Å². The SMILES string of the molecule is CN(C(=O)N1CCSCC1CC(=O)O)c1ccccc1F. The van der Waals surface area contributed by atoms with Crippen molar-refractivity contribution in [2.45, 2.75) is 12.5 Å². The molecule has 114 valence electrons. The van der Waals surface area contributed by atoms with Crippen molar-refractivity contribution in [2.75, 3.05) is 30.0 Å². The zero-order valence-corrected chi connectivity index (χ0v) is 12.5. The first-order valence-corrected chi connectivity index (χ1v) is 7.74. The Bertz CT molecular complexity index is 541. The number of amides is 2. The van der Waals surface area contributed by atoms with E-state index in [1.54, 1.807) is 23.9 Å². The van der Waals surface area contributed by atoms with E-state index in [0.29, 0.717) is 12.3 Å². The quantitative estimate of drug-likeness (QED) is 0.930. The number of hydrogen-bond acceptors (Lipinski definition) is 3. The van der Waals surface area contributed by atoms with Crippen LogP contribution in [0.25, 0.3) is 0 Å². The van der Waals surface area contributed by atoms with E-state index >= 15 is 0 Å². The molecule has 0 aliphatic carbocycles. The summed E-state index contributed by atoms with van der Waals surface area (Å²) in [6.07, 6.45) is -0.0934. The maximum atomic E-state index is 13.8. The van der Waals surface area contributed by atoms with Crippen molar-refractivity contribution >= 4 is 29.4 Å². The molecule has 1 atom stereocenters. The molecule has 0 spiro atoms. The van der Waals surface area contributed by atoms with Gasteiger partial charge in [-0.25, -0.2) is 9.18 Å². The number of carbonyl (C=O) groups is 2. The van der Waals surface area contributed by atoms with E-state index in [4.69, 9.17) is 5.11 Å². The number of aliphatic carboxylic acids is 1. The van der Waals surface area contributed by atoms with Crippen LogP contribution in [0.3, 0.4) is 0 Å². The summed E-state index contributed by atoms with van der Waals surface area (Å²) in [5, 5.41) is 8.94. The predicted molar refractivity (Wildman–Crippen MR) is 80.3 cm³/mol. The fourth-order valence-corrected chi connectivity index (χ4v) is 3.36. The van der Waals surface area contributed by atoms with Crippen molar-refractivity contribution in [1.82, 2.24) is 4.90 Å². The summed E-state index contributed by atoms with van der Waals surface area (Å²) < 4.78 is 13.8. The highest BCUT2D eigenvalue weighted by atomic mass is 32.2. The van der Waals surface area contributed by atoms with Crippen molar-refractivity contribution < 1.29 is 19.1 Å². The zero-order valence-electron chi connectivity index (χ0n) is 11.7. The van der Waals surface area contributed by atoms with Crippen molar-refractivity contribution in [1.29, 1.82) is 0 Å². The van der Waals surface area contributed by atoms with E-state index in [1.165, 1.54) is 29.0 Å². The highest BCUT2D eigenvalue weighted by molar-refractivity contribution is 7.99. The largest absolute Gasteiger partial charge is 0.481 e. The van der Waals surface area contributed by atoms with Crippen LogP contribution in [0.1, 0.15) is 6.42 Å². The van der Waals surface area contributed by atoms with Gasteiger partial charge in [0.15, 0.2) is 0 Å². The minimum atomic E-state index is -0.936. The molecule has 0 bridgehead atoms. The lowest BCUT2D eigenvalue weighted by Crippen LogP contribution is -2.52. The fourth-order valence-electron chi connectivity index (χ4n) is 2.30. The summed E-state index contributed by atoms with van der Waals surface area (Å²) in [4.78, 5) is 26.2. The van der Waals surface area contributed by atoms with Crippen LogP contribution in [0, 0.1) is 5.82 Å². The Balaban J connectivity index is 2.16. The lowest BCUT2D eigenvalue weighted by molar-refractivity contribution is -0.137. The molecule has 0 radical (unpaired) electrons. The van der Waals surface area contributed by atoms with Crippen LogP contribution in [0.4, 0.5) is 14.9 Å². The maximum absolute atomic E-state index is 13.8. The molecule has 21 heavy (non-hydrogen) atoms. The molecule has 1 fully saturated rings. The number of anilines is 1. The van der Waals surface area contributed by atoms with Gasteiger partial charge >= 0.3 is 12.0 Å². The molecule has 0 saturated carbocycles. The van der Waals surface area contributed by atoms with E-state index < -0.39 is 11.8 Å². The number of carbonyl (C=O) groups excluding carboxylic acids is 1. The summed E-state index contributed by atoms with van der Waals surface area (Å²) in [6.45, 7) is 0.472. The second kappa shape index (κ2) is 6.80. The number of halogens is 1. The van der Waals surface area contributed by atoms with Gasteiger partial charge in [-0.15, -0.1) is 0 Å². The Hall–Kier alpha value is -1.76. The number of hydrogen-bond donors (Lipinski definition) is 1. The Labute approximate surface area is 126 Å². The van der Waals surface area contributed by atoms with Crippen LogP contribution in [-0.2, 0) is 4.79 Å². The number of urea groups is 1. The first-order valence-electron chi connectivity index (χ1n) is 6.59. The Morgan fingerprint density at radius 3 is 2.86 bits per heavy atom. The number of benzene rings is 1. The summed E-state index contributed by atoms with van der Waals surface area (Å²) in [7, 11) is 1.50. The highest BCUT2D eigenvalue weighted by Crippen LogP contribution is 2.24. The molecule has 5 nitrogen and oxygen atoms in total. The van der Waals surface area contributed by atoms with Gasteiger partial charge in [0.2, 0.25) is 0 Å². The topological polar surface area (TPSA) is 60.9 Å². The summed E-state index contributed by atoms with van der Waals surface area (Å²) in [5.41, 5.74) is 0.190. The maximum Gasteiger partial charge on any atom is 0.324 e. The first-order chi connectivity index (χ1) is 10.0. The number of thioether (sulfide) groups is 1. The van der Waals surface area contributed by atoms with Crippen LogP contribution >= 0.6 is 11.8 Å². The Morgan fingerprint density at radius 2 is 2.19 bits per heavy atom.